The molecule has 102 valence electrons. The molecule has 0 radical (unpaired) electrons. The van der Waals surface area contributed by atoms with Crippen molar-refractivity contribution < 1.29 is 14.4 Å². The average Bonchev–Trinajstić information content (AvgIpc) is 2.75. The summed E-state index contributed by atoms with van der Waals surface area (Å²) in [6, 6.07) is 1.64. The van der Waals surface area contributed by atoms with E-state index in [2.05, 4.69) is 10.5 Å². The maximum Gasteiger partial charge on any atom is 0.273 e. The number of nitrogens with zero attached hydrogens (tertiary/aromatic N) is 1. The van der Waals surface area contributed by atoms with Gasteiger partial charge in [-0.05, 0) is 6.42 Å². The minimum absolute atomic E-state index is 0.173. The molecule has 1 heterocycles. The summed E-state index contributed by atoms with van der Waals surface area (Å²) in [6.07, 6.45) is 1.05. The van der Waals surface area contributed by atoms with Gasteiger partial charge in [-0.2, -0.15) is 0 Å². The highest BCUT2D eigenvalue weighted by molar-refractivity contribution is 5.92. The highest BCUT2D eigenvalue weighted by Gasteiger charge is 2.22. The normalized spacial score (nSPS) is 13.4. The fraction of sp³-hybridized carbons (Fsp3) is 0.692. The number of carbonyl (C=O) groups is 1. The molecule has 5 heteroatoms. The van der Waals surface area contributed by atoms with E-state index in [0.717, 1.165) is 6.42 Å². The largest absolute Gasteiger partial charge is 0.391 e. The van der Waals surface area contributed by atoms with Gasteiger partial charge >= 0.3 is 0 Å². The van der Waals surface area contributed by atoms with Crippen molar-refractivity contribution in [2.75, 3.05) is 6.54 Å². The number of nitrogens with one attached hydrogen (secondary N) is 1. The maximum absolute atomic E-state index is 11.7. The van der Waals surface area contributed by atoms with Crippen molar-refractivity contribution in [3.05, 3.63) is 17.5 Å². The van der Waals surface area contributed by atoms with E-state index in [9.17, 15) is 9.90 Å². The SMILES string of the molecule is CCCC(O)CNC(=O)c1cc(C(C)(C)C)on1. The number of amides is 1. The van der Waals surface area contributed by atoms with Crippen LogP contribution in [0.25, 0.3) is 0 Å². The van der Waals surface area contributed by atoms with Crippen molar-refractivity contribution in [3.8, 4) is 0 Å². The fourth-order valence-corrected chi connectivity index (χ4v) is 1.47. The van der Waals surface area contributed by atoms with E-state index in [4.69, 9.17) is 4.52 Å². The predicted molar refractivity (Wildman–Crippen MR) is 68.5 cm³/mol. The third-order valence-electron chi connectivity index (χ3n) is 2.60. The van der Waals surface area contributed by atoms with Crippen molar-refractivity contribution in [3.63, 3.8) is 0 Å². The van der Waals surface area contributed by atoms with Crippen LogP contribution in [-0.4, -0.2) is 28.8 Å². The number of hydrogen-bond acceptors (Lipinski definition) is 4. The second-order valence-corrected chi connectivity index (χ2v) is 5.48. The summed E-state index contributed by atoms with van der Waals surface area (Å²) < 4.78 is 5.13. The molecule has 0 aliphatic rings. The van der Waals surface area contributed by atoms with Crippen LogP contribution < -0.4 is 5.32 Å². The highest BCUT2D eigenvalue weighted by atomic mass is 16.5. The van der Waals surface area contributed by atoms with E-state index < -0.39 is 6.10 Å². The standard InChI is InChI=1S/C13H22N2O3/c1-5-6-9(16)8-14-12(17)10-7-11(18-15-10)13(2,3)4/h7,9,16H,5-6,8H2,1-4H3,(H,14,17). The van der Waals surface area contributed by atoms with Gasteiger partial charge in [0.25, 0.3) is 5.91 Å². The van der Waals surface area contributed by atoms with Gasteiger partial charge in [-0.3, -0.25) is 4.79 Å². The van der Waals surface area contributed by atoms with Crippen LogP contribution in [0.4, 0.5) is 0 Å². The number of aliphatic hydroxyl groups is 1. The summed E-state index contributed by atoms with van der Waals surface area (Å²) in [5.74, 6) is 0.353. The Morgan fingerprint density at radius 2 is 2.22 bits per heavy atom. The Morgan fingerprint density at radius 1 is 1.56 bits per heavy atom. The first-order valence-corrected chi connectivity index (χ1v) is 6.28. The van der Waals surface area contributed by atoms with Crippen molar-refractivity contribution >= 4 is 5.91 Å². The van der Waals surface area contributed by atoms with Gasteiger partial charge in [0.1, 0.15) is 5.76 Å². The van der Waals surface area contributed by atoms with Gasteiger partial charge in [0.2, 0.25) is 0 Å². The summed E-state index contributed by atoms with van der Waals surface area (Å²) in [7, 11) is 0. The van der Waals surface area contributed by atoms with Crippen LogP contribution >= 0.6 is 0 Å². The molecule has 0 saturated carbocycles. The molecular formula is C13H22N2O3. The fourth-order valence-electron chi connectivity index (χ4n) is 1.47. The van der Waals surface area contributed by atoms with Crippen LogP contribution in [0.5, 0.6) is 0 Å². The Kier molecular flexibility index (Phi) is 4.90. The Bertz CT molecular complexity index is 393. The lowest BCUT2D eigenvalue weighted by atomic mass is 9.93. The molecular weight excluding hydrogens is 232 g/mol. The third-order valence-corrected chi connectivity index (χ3v) is 2.60. The first-order valence-electron chi connectivity index (χ1n) is 6.28. The van der Waals surface area contributed by atoms with Gasteiger partial charge in [-0.1, -0.05) is 39.3 Å². The molecule has 1 atom stereocenters. The van der Waals surface area contributed by atoms with Crippen LogP contribution in [0.2, 0.25) is 0 Å². The number of aliphatic hydroxyl groups excluding tert-OH is 1. The number of hydrogen-bond donors (Lipinski definition) is 2. The van der Waals surface area contributed by atoms with Crippen LogP contribution in [0.15, 0.2) is 10.6 Å². The molecule has 0 saturated heterocycles. The molecule has 0 aliphatic carbocycles. The molecule has 1 aromatic rings. The molecule has 18 heavy (non-hydrogen) atoms. The van der Waals surface area contributed by atoms with Crippen LogP contribution in [0, 0.1) is 0 Å². The minimum atomic E-state index is -0.507. The van der Waals surface area contributed by atoms with Gasteiger partial charge in [-0.15, -0.1) is 0 Å². The lowest BCUT2D eigenvalue weighted by Crippen LogP contribution is -2.32. The van der Waals surface area contributed by atoms with Crippen molar-refractivity contribution in [2.24, 2.45) is 0 Å². The highest BCUT2D eigenvalue weighted by Crippen LogP contribution is 2.22. The van der Waals surface area contributed by atoms with E-state index in [1.165, 1.54) is 0 Å². The zero-order chi connectivity index (χ0) is 13.8. The molecule has 1 unspecified atom stereocenters. The first-order chi connectivity index (χ1) is 8.34. The van der Waals surface area contributed by atoms with Gasteiger partial charge in [0, 0.05) is 18.0 Å². The summed E-state index contributed by atoms with van der Waals surface area (Å²) in [5, 5.41) is 15.9. The zero-order valence-electron chi connectivity index (χ0n) is 11.5. The quantitative estimate of drug-likeness (QED) is 0.841. The van der Waals surface area contributed by atoms with E-state index in [-0.39, 0.29) is 23.6 Å². The Balaban J connectivity index is 2.55. The van der Waals surface area contributed by atoms with E-state index >= 15 is 0 Å². The van der Waals surface area contributed by atoms with Crippen LogP contribution in [0.1, 0.15) is 56.8 Å². The second kappa shape index (κ2) is 6.00. The monoisotopic (exact) mass is 254 g/mol. The number of rotatable bonds is 5. The third kappa shape index (κ3) is 4.14. The molecule has 0 fully saturated rings. The summed E-state index contributed by atoms with van der Waals surface area (Å²) in [5.41, 5.74) is 0.0800. The summed E-state index contributed by atoms with van der Waals surface area (Å²) in [6.45, 7) is 8.18. The lowest BCUT2D eigenvalue weighted by molar-refractivity contribution is 0.0901. The van der Waals surface area contributed by atoms with Gasteiger partial charge < -0.3 is 14.9 Å². The van der Waals surface area contributed by atoms with Crippen molar-refractivity contribution in [1.82, 2.24) is 10.5 Å². The van der Waals surface area contributed by atoms with E-state index in [1.54, 1.807) is 6.07 Å². The Hall–Kier alpha value is -1.36. The van der Waals surface area contributed by atoms with Gasteiger partial charge in [0.15, 0.2) is 5.69 Å². The zero-order valence-corrected chi connectivity index (χ0v) is 11.5. The Morgan fingerprint density at radius 3 is 2.72 bits per heavy atom. The number of aromatic nitrogens is 1. The smallest absolute Gasteiger partial charge is 0.273 e. The summed E-state index contributed by atoms with van der Waals surface area (Å²) in [4.78, 5) is 11.7. The Labute approximate surface area is 108 Å². The van der Waals surface area contributed by atoms with Crippen molar-refractivity contribution in [1.29, 1.82) is 0 Å². The van der Waals surface area contributed by atoms with Gasteiger partial charge in [0.05, 0.1) is 6.10 Å². The molecule has 0 bridgehead atoms. The van der Waals surface area contributed by atoms with E-state index in [1.807, 2.05) is 27.7 Å². The van der Waals surface area contributed by atoms with Crippen LogP contribution in [0.3, 0.4) is 0 Å². The van der Waals surface area contributed by atoms with Crippen LogP contribution in [-0.2, 0) is 5.41 Å². The topological polar surface area (TPSA) is 75.4 Å². The average molecular weight is 254 g/mol. The molecule has 5 nitrogen and oxygen atoms in total. The molecule has 2 N–H and O–H groups in total. The maximum atomic E-state index is 11.7. The van der Waals surface area contributed by atoms with Gasteiger partial charge in [-0.25, -0.2) is 0 Å². The first kappa shape index (κ1) is 14.7. The minimum Gasteiger partial charge on any atom is -0.391 e. The van der Waals surface area contributed by atoms with Crippen molar-refractivity contribution in [2.45, 2.75) is 52.1 Å². The number of carbonyl (C=O) groups excluding carboxylic acids is 1. The second-order valence-electron chi connectivity index (χ2n) is 5.48. The molecule has 1 amide bonds. The molecule has 1 rings (SSSR count). The molecule has 0 aromatic carbocycles. The molecule has 1 aromatic heterocycles. The molecule has 0 aliphatic heterocycles. The molecule has 0 spiro atoms. The summed E-state index contributed by atoms with van der Waals surface area (Å²) >= 11 is 0. The predicted octanol–water partition coefficient (Wildman–Crippen LogP) is 1.86. The lowest BCUT2D eigenvalue weighted by Gasteiger charge is -2.12. The van der Waals surface area contributed by atoms with E-state index in [0.29, 0.717) is 12.2 Å².